The first-order chi connectivity index (χ1) is 10.6. The van der Waals surface area contributed by atoms with E-state index < -0.39 is 5.97 Å². The van der Waals surface area contributed by atoms with Gasteiger partial charge in [0.25, 0.3) is 0 Å². The van der Waals surface area contributed by atoms with Crippen LogP contribution < -0.4 is 4.74 Å². The summed E-state index contributed by atoms with van der Waals surface area (Å²) in [5.74, 6) is -0.0533. The molecule has 0 unspecified atom stereocenters. The summed E-state index contributed by atoms with van der Waals surface area (Å²) in [7, 11) is 1.91. The highest BCUT2D eigenvalue weighted by atomic mass is 16.5. The van der Waals surface area contributed by atoms with Crippen LogP contribution in [-0.2, 0) is 13.7 Å². The van der Waals surface area contributed by atoms with E-state index in [1.165, 1.54) is 0 Å². The van der Waals surface area contributed by atoms with Gasteiger partial charge in [0.1, 0.15) is 12.4 Å². The van der Waals surface area contributed by atoms with Gasteiger partial charge in [-0.05, 0) is 30.7 Å². The van der Waals surface area contributed by atoms with E-state index in [0.717, 1.165) is 27.8 Å². The molecular formula is C18H17NO3. The summed E-state index contributed by atoms with van der Waals surface area (Å²) in [6, 6.07) is 13.0. The lowest BCUT2D eigenvalue weighted by Gasteiger charge is -2.08. The molecule has 0 aliphatic rings. The van der Waals surface area contributed by atoms with Crippen molar-refractivity contribution < 1.29 is 14.6 Å². The molecule has 1 heterocycles. The van der Waals surface area contributed by atoms with Crippen molar-refractivity contribution >= 4 is 16.9 Å². The van der Waals surface area contributed by atoms with Crippen LogP contribution >= 0.6 is 0 Å². The molecular weight excluding hydrogens is 278 g/mol. The second-order valence-corrected chi connectivity index (χ2v) is 5.36. The largest absolute Gasteiger partial charge is 0.489 e. The van der Waals surface area contributed by atoms with E-state index in [0.29, 0.717) is 12.2 Å². The van der Waals surface area contributed by atoms with Crippen molar-refractivity contribution in [2.75, 3.05) is 0 Å². The first-order valence-corrected chi connectivity index (χ1v) is 7.06. The third-order valence-electron chi connectivity index (χ3n) is 3.80. The van der Waals surface area contributed by atoms with Crippen LogP contribution in [0.4, 0.5) is 0 Å². The first kappa shape index (κ1) is 14.2. The number of aromatic nitrogens is 1. The smallest absolute Gasteiger partial charge is 0.335 e. The van der Waals surface area contributed by atoms with Gasteiger partial charge in [-0.2, -0.15) is 0 Å². The Bertz CT molecular complexity index is 849. The number of aromatic carboxylic acids is 1. The van der Waals surface area contributed by atoms with Crippen molar-refractivity contribution in [1.82, 2.24) is 4.57 Å². The average molecular weight is 295 g/mol. The Morgan fingerprint density at radius 1 is 1.23 bits per heavy atom. The number of carbonyl (C=O) groups is 1. The van der Waals surface area contributed by atoms with E-state index in [-0.39, 0.29) is 0 Å². The molecule has 0 saturated heterocycles. The van der Waals surface area contributed by atoms with E-state index in [1.807, 2.05) is 55.1 Å². The number of aryl methyl sites for hydroxylation is 2. The summed E-state index contributed by atoms with van der Waals surface area (Å²) >= 11 is 0. The minimum Gasteiger partial charge on any atom is -0.489 e. The molecule has 0 amide bonds. The van der Waals surface area contributed by atoms with Gasteiger partial charge in [0.2, 0.25) is 0 Å². The molecule has 3 aromatic rings. The number of rotatable bonds is 4. The Balaban J connectivity index is 1.92. The standard InChI is InChI=1S/C18H17NO3/c1-12-5-3-4-6-17(12)22-11-14-10-19(2)16-9-13(18(20)21)7-8-15(14)16/h3-10H,11H2,1-2H3,(H,20,21). The van der Waals surface area contributed by atoms with Crippen LogP contribution in [0.1, 0.15) is 21.5 Å². The number of para-hydroxylation sites is 1. The maximum atomic E-state index is 11.1. The van der Waals surface area contributed by atoms with E-state index in [4.69, 9.17) is 9.84 Å². The number of nitrogens with zero attached hydrogens (tertiary/aromatic N) is 1. The molecule has 4 nitrogen and oxygen atoms in total. The second kappa shape index (κ2) is 5.56. The predicted molar refractivity (Wildman–Crippen MR) is 85.4 cm³/mol. The Hall–Kier alpha value is -2.75. The minimum atomic E-state index is -0.916. The summed E-state index contributed by atoms with van der Waals surface area (Å²) in [6.45, 7) is 2.46. The van der Waals surface area contributed by atoms with Crippen molar-refractivity contribution in [3.63, 3.8) is 0 Å². The molecule has 0 aliphatic carbocycles. The molecule has 3 rings (SSSR count). The van der Waals surface area contributed by atoms with Crippen LogP contribution in [0.25, 0.3) is 10.9 Å². The van der Waals surface area contributed by atoms with Crippen LogP contribution in [0.15, 0.2) is 48.7 Å². The van der Waals surface area contributed by atoms with Gasteiger partial charge in [-0.1, -0.05) is 24.3 Å². The summed E-state index contributed by atoms with van der Waals surface area (Å²) in [5, 5.41) is 10.1. The number of ether oxygens (including phenoxy) is 1. The van der Waals surface area contributed by atoms with Crippen LogP contribution in [0.2, 0.25) is 0 Å². The summed E-state index contributed by atoms with van der Waals surface area (Å²) < 4.78 is 7.82. The molecule has 0 radical (unpaired) electrons. The summed E-state index contributed by atoms with van der Waals surface area (Å²) in [4.78, 5) is 11.1. The number of benzene rings is 2. The Morgan fingerprint density at radius 2 is 2.00 bits per heavy atom. The zero-order valence-corrected chi connectivity index (χ0v) is 12.5. The predicted octanol–water partition coefficient (Wildman–Crippen LogP) is 3.76. The van der Waals surface area contributed by atoms with Crippen LogP contribution in [0, 0.1) is 6.92 Å². The molecule has 1 N–H and O–H groups in total. The summed E-state index contributed by atoms with van der Waals surface area (Å²) in [6.07, 6.45) is 1.98. The molecule has 0 fully saturated rings. The molecule has 22 heavy (non-hydrogen) atoms. The fraction of sp³-hybridized carbons (Fsp3) is 0.167. The fourth-order valence-electron chi connectivity index (χ4n) is 2.59. The lowest BCUT2D eigenvalue weighted by molar-refractivity contribution is 0.0697. The van der Waals surface area contributed by atoms with E-state index >= 15 is 0 Å². The maximum absolute atomic E-state index is 11.1. The van der Waals surface area contributed by atoms with Gasteiger partial charge >= 0.3 is 5.97 Å². The fourth-order valence-corrected chi connectivity index (χ4v) is 2.59. The summed E-state index contributed by atoms with van der Waals surface area (Å²) in [5.41, 5.74) is 3.32. The zero-order valence-electron chi connectivity index (χ0n) is 12.5. The molecule has 0 atom stereocenters. The Morgan fingerprint density at radius 3 is 2.73 bits per heavy atom. The number of fused-ring (bicyclic) bond motifs is 1. The van der Waals surface area contributed by atoms with Crippen molar-refractivity contribution in [1.29, 1.82) is 0 Å². The second-order valence-electron chi connectivity index (χ2n) is 5.36. The zero-order chi connectivity index (χ0) is 15.7. The molecule has 112 valence electrons. The van der Waals surface area contributed by atoms with Crippen molar-refractivity contribution in [3.05, 3.63) is 65.4 Å². The number of carboxylic acid groups (broad SMARTS) is 1. The Labute approximate surface area is 128 Å². The lowest BCUT2D eigenvalue weighted by atomic mass is 10.1. The Kier molecular flexibility index (Phi) is 3.59. The normalized spacial score (nSPS) is 10.8. The monoisotopic (exact) mass is 295 g/mol. The number of hydrogen-bond donors (Lipinski definition) is 1. The van der Waals surface area contributed by atoms with Crippen molar-refractivity contribution in [2.45, 2.75) is 13.5 Å². The number of hydrogen-bond acceptors (Lipinski definition) is 2. The lowest BCUT2D eigenvalue weighted by Crippen LogP contribution is -1.97. The van der Waals surface area contributed by atoms with E-state index in [1.54, 1.807) is 12.1 Å². The van der Waals surface area contributed by atoms with Crippen LogP contribution in [0.5, 0.6) is 5.75 Å². The molecule has 0 spiro atoms. The SMILES string of the molecule is Cc1ccccc1OCc1cn(C)c2cc(C(=O)O)ccc12. The topological polar surface area (TPSA) is 51.5 Å². The molecule has 0 aliphatic heterocycles. The molecule has 4 heteroatoms. The molecule has 0 bridgehead atoms. The highest BCUT2D eigenvalue weighted by Crippen LogP contribution is 2.24. The van der Waals surface area contributed by atoms with Crippen molar-refractivity contribution in [3.8, 4) is 5.75 Å². The quantitative estimate of drug-likeness (QED) is 0.797. The van der Waals surface area contributed by atoms with E-state index in [2.05, 4.69) is 0 Å². The highest BCUT2D eigenvalue weighted by molar-refractivity contribution is 5.94. The molecule has 0 saturated carbocycles. The van der Waals surface area contributed by atoms with E-state index in [9.17, 15) is 4.79 Å². The van der Waals surface area contributed by atoms with Gasteiger partial charge in [-0.15, -0.1) is 0 Å². The van der Waals surface area contributed by atoms with Gasteiger partial charge in [-0.3, -0.25) is 0 Å². The maximum Gasteiger partial charge on any atom is 0.335 e. The van der Waals surface area contributed by atoms with Gasteiger partial charge in [0, 0.05) is 29.7 Å². The average Bonchev–Trinajstić information content (AvgIpc) is 2.82. The minimum absolute atomic E-state index is 0.292. The van der Waals surface area contributed by atoms with Gasteiger partial charge in [0.05, 0.1) is 5.56 Å². The third-order valence-corrected chi connectivity index (χ3v) is 3.80. The van der Waals surface area contributed by atoms with Crippen LogP contribution in [0.3, 0.4) is 0 Å². The van der Waals surface area contributed by atoms with Crippen molar-refractivity contribution in [2.24, 2.45) is 7.05 Å². The first-order valence-electron chi connectivity index (χ1n) is 7.06. The molecule has 2 aromatic carbocycles. The third kappa shape index (κ3) is 2.55. The molecule has 1 aromatic heterocycles. The highest BCUT2D eigenvalue weighted by Gasteiger charge is 2.11. The van der Waals surface area contributed by atoms with Gasteiger partial charge < -0.3 is 14.4 Å². The van der Waals surface area contributed by atoms with Gasteiger partial charge in [0.15, 0.2) is 0 Å². The van der Waals surface area contributed by atoms with Gasteiger partial charge in [-0.25, -0.2) is 4.79 Å². The van der Waals surface area contributed by atoms with Crippen LogP contribution in [-0.4, -0.2) is 15.6 Å². The number of carboxylic acids is 1.